The summed E-state index contributed by atoms with van der Waals surface area (Å²) >= 11 is 0. The van der Waals surface area contributed by atoms with Gasteiger partial charge in [0.25, 0.3) is 0 Å². The first kappa shape index (κ1) is 16.9. The first-order valence-electron chi connectivity index (χ1n) is 8.35. The molecule has 2 aromatic rings. The summed E-state index contributed by atoms with van der Waals surface area (Å²) in [5.74, 6) is 1.31. The normalized spacial score (nSPS) is 19.2. The van der Waals surface area contributed by atoms with E-state index in [1.54, 1.807) is 0 Å². The average Bonchev–Trinajstić information content (AvgIpc) is 2.83. The highest BCUT2D eigenvalue weighted by molar-refractivity contribution is 5.32. The topological polar surface area (TPSA) is 59.3 Å². The lowest BCUT2D eigenvalue weighted by Gasteiger charge is -2.23. The number of hydrogen-bond acceptors (Lipinski definition) is 6. The average molecular weight is 330 g/mol. The zero-order chi connectivity index (χ0) is 16.9. The second kappa shape index (κ2) is 7.72. The minimum atomic E-state index is 0.431. The van der Waals surface area contributed by atoms with Crippen molar-refractivity contribution in [3.8, 4) is 0 Å². The molecule has 0 amide bonds. The highest BCUT2D eigenvalue weighted by Crippen LogP contribution is 2.15. The van der Waals surface area contributed by atoms with Crippen LogP contribution in [-0.4, -0.2) is 64.8 Å². The van der Waals surface area contributed by atoms with E-state index in [-0.39, 0.29) is 0 Å². The van der Waals surface area contributed by atoms with Crippen LogP contribution in [0.4, 0.5) is 5.82 Å². The van der Waals surface area contributed by atoms with E-state index in [0.29, 0.717) is 5.92 Å². The van der Waals surface area contributed by atoms with Crippen LogP contribution in [0.25, 0.3) is 0 Å². The first-order chi connectivity index (χ1) is 11.6. The maximum atomic E-state index is 5.80. The van der Waals surface area contributed by atoms with Gasteiger partial charge in [-0.05, 0) is 6.42 Å². The second-order valence-corrected chi connectivity index (χ2v) is 6.64. The highest BCUT2D eigenvalue weighted by Gasteiger charge is 2.20. The largest absolute Gasteiger partial charge is 0.380 e. The molecule has 0 aromatic carbocycles. The molecule has 0 saturated carbocycles. The van der Waals surface area contributed by atoms with Crippen molar-refractivity contribution in [1.29, 1.82) is 0 Å². The van der Waals surface area contributed by atoms with Crippen molar-refractivity contribution < 1.29 is 4.74 Å². The van der Waals surface area contributed by atoms with E-state index in [2.05, 4.69) is 24.4 Å². The lowest BCUT2D eigenvalue weighted by molar-refractivity contribution is 0.121. The van der Waals surface area contributed by atoms with Crippen LogP contribution < -0.4 is 4.90 Å². The number of nitrogens with zero attached hydrogens (tertiary/aromatic N) is 6. The van der Waals surface area contributed by atoms with E-state index in [4.69, 9.17) is 4.74 Å². The van der Waals surface area contributed by atoms with Gasteiger partial charge in [-0.1, -0.05) is 0 Å². The molecule has 0 N–H and O–H groups in total. The molecule has 0 bridgehead atoms. The summed E-state index contributed by atoms with van der Waals surface area (Å²) in [7, 11) is 5.98. The lowest BCUT2D eigenvalue weighted by atomic mass is 10.0. The van der Waals surface area contributed by atoms with Crippen molar-refractivity contribution in [2.45, 2.75) is 13.0 Å². The van der Waals surface area contributed by atoms with Gasteiger partial charge in [0.05, 0.1) is 43.3 Å². The number of ether oxygens (including phenoxy) is 1. The Bertz CT molecular complexity index is 639. The summed E-state index contributed by atoms with van der Waals surface area (Å²) in [5, 5.41) is 0. The van der Waals surface area contributed by atoms with E-state index in [0.717, 1.165) is 50.8 Å². The molecule has 1 atom stereocenters. The Morgan fingerprint density at radius 3 is 2.79 bits per heavy atom. The van der Waals surface area contributed by atoms with Crippen molar-refractivity contribution in [2.24, 2.45) is 13.0 Å². The minimum absolute atomic E-state index is 0.431. The van der Waals surface area contributed by atoms with Crippen LogP contribution >= 0.6 is 0 Å². The van der Waals surface area contributed by atoms with Gasteiger partial charge in [-0.3, -0.25) is 9.88 Å². The van der Waals surface area contributed by atoms with E-state index < -0.39 is 0 Å². The summed E-state index contributed by atoms with van der Waals surface area (Å²) in [4.78, 5) is 17.6. The van der Waals surface area contributed by atoms with Crippen LogP contribution in [-0.2, 0) is 24.8 Å². The Balaban J connectivity index is 1.61. The SMILES string of the molecule is CN(C)c1cnc(CC2COCCN(Cc3cncn3C)C2)cn1. The van der Waals surface area contributed by atoms with Gasteiger partial charge in [0.1, 0.15) is 5.82 Å². The molecular formula is C17H26N6O. The monoisotopic (exact) mass is 330 g/mol. The third kappa shape index (κ3) is 4.30. The predicted molar refractivity (Wildman–Crippen MR) is 92.9 cm³/mol. The van der Waals surface area contributed by atoms with E-state index in [1.165, 1.54) is 5.69 Å². The van der Waals surface area contributed by atoms with Gasteiger partial charge >= 0.3 is 0 Å². The zero-order valence-corrected chi connectivity index (χ0v) is 14.7. The van der Waals surface area contributed by atoms with Crippen molar-refractivity contribution >= 4 is 5.82 Å². The Labute approximate surface area is 143 Å². The molecular weight excluding hydrogens is 304 g/mol. The van der Waals surface area contributed by atoms with Gasteiger partial charge in [0.15, 0.2) is 0 Å². The summed E-state index contributed by atoms with van der Waals surface area (Å²) in [5.41, 5.74) is 2.25. The van der Waals surface area contributed by atoms with Gasteiger partial charge in [0, 0.05) is 52.9 Å². The number of rotatable bonds is 5. The number of anilines is 1. The summed E-state index contributed by atoms with van der Waals surface area (Å²) < 4.78 is 7.88. The molecule has 1 aliphatic rings. The molecule has 1 fully saturated rings. The zero-order valence-electron chi connectivity index (χ0n) is 14.7. The maximum Gasteiger partial charge on any atom is 0.146 e. The third-order valence-electron chi connectivity index (χ3n) is 4.37. The molecule has 3 rings (SSSR count). The fourth-order valence-electron chi connectivity index (χ4n) is 2.97. The van der Waals surface area contributed by atoms with Crippen LogP contribution in [0.3, 0.4) is 0 Å². The van der Waals surface area contributed by atoms with E-state index >= 15 is 0 Å². The number of aromatic nitrogens is 4. The number of aryl methyl sites for hydroxylation is 1. The maximum absolute atomic E-state index is 5.80. The van der Waals surface area contributed by atoms with Crippen LogP contribution in [0.5, 0.6) is 0 Å². The lowest BCUT2D eigenvalue weighted by Crippen LogP contribution is -2.31. The van der Waals surface area contributed by atoms with Crippen LogP contribution in [0.15, 0.2) is 24.9 Å². The first-order valence-corrected chi connectivity index (χ1v) is 8.35. The minimum Gasteiger partial charge on any atom is -0.380 e. The van der Waals surface area contributed by atoms with Crippen LogP contribution in [0.2, 0.25) is 0 Å². The fraction of sp³-hybridized carbons (Fsp3) is 0.588. The smallest absolute Gasteiger partial charge is 0.146 e. The van der Waals surface area contributed by atoms with Gasteiger partial charge in [-0.25, -0.2) is 9.97 Å². The van der Waals surface area contributed by atoms with Crippen molar-refractivity contribution in [3.05, 3.63) is 36.3 Å². The predicted octanol–water partition coefficient (Wildman–Crippen LogP) is 0.967. The molecule has 24 heavy (non-hydrogen) atoms. The van der Waals surface area contributed by atoms with Crippen molar-refractivity contribution in [1.82, 2.24) is 24.4 Å². The standard InChI is InChI=1S/C17H26N6O/c1-21(2)17-9-19-15(7-20-17)6-14-10-23(4-5-24-12-14)11-16-8-18-13-22(16)3/h7-9,13-14H,4-6,10-12H2,1-3H3. The summed E-state index contributed by atoms with van der Waals surface area (Å²) in [6.45, 7) is 4.41. The van der Waals surface area contributed by atoms with E-state index in [9.17, 15) is 0 Å². The van der Waals surface area contributed by atoms with Crippen molar-refractivity contribution in [2.75, 3.05) is 45.3 Å². The number of imidazole rings is 1. The van der Waals surface area contributed by atoms with Crippen LogP contribution in [0, 0.1) is 5.92 Å². The molecule has 3 heterocycles. The molecule has 7 nitrogen and oxygen atoms in total. The molecule has 1 aliphatic heterocycles. The molecule has 7 heteroatoms. The summed E-state index contributed by atoms with van der Waals surface area (Å²) in [6.07, 6.45) is 8.39. The van der Waals surface area contributed by atoms with Gasteiger partial charge in [-0.2, -0.15) is 0 Å². The van der Waals surface area contributed by atoms with Crippen LogP contribution in [0.1, 0.15) is 11.4 Å². The fourth-order valence-corrected chi connectivity index (χ4v) is 2.97. The second-order valence-electron chi connectivity index (χ2n) is 6.64. The van der Waals surface area contributed by atoms with Crippen molar-refractivity contribution in [3.63, 3.8) is 0 Å². The highest BCUT2D eigenvalue weighted by atomic mass is 16.5. The Morgan fingerprint density at radius 2 is 2.12 bits per heavy atom. The Kier molecular flexibility index (Phi) is 5.42. The molecule has 0 spiro atoms. The Hall–Kier alpha value is -1.99. The van der Waals surface area contributed by atoms with Gasteiger partial charge in [-0.15, -0.1) is 0 Å². The quantitative estimate of drug-likeness (QED) is 0.814. The Morgan fingerprint density at radius 1 is 1.25 bits per heavy atom. The molecule has 2 aromatic heterocycles. The molecule has 1 unspecified atom stereocenters. The molecule has 0 radical (unpaired) electrons. The van der Waals surface area contributed by atoms with E-state index in [1.807, 2.05) is 51.0 Å². The molecule has 0 aliphatic carbocycles. The van der Waals surface area contributed by atoms with Gasteiger partial charge < -0.3 is 14.2 Å². The molecule has 1 saturated heterocycles. The van der Waals surface area contributed by atoms with Gasteiger partial charge in [0.2, 0.25) is 0 Å². The summed E-state index contributed by atoms with van der Waals surface area (Å²) in [6, 6.07) is 0. The third-order valence-corrected chi connectivity index (χ3v) is 4.37. The molecule has 130 valence electrons. The number of hydrogen-bond donors (Lipinski definition) is 0.